The predicted molar refractivity (Wildman–Crippen MR) is 140 cm³/mol. The molecule has 0 aliphatic heterocycles. The topological polar surface area (TPSA) is 73.0 Å². The molecule has 1 unspecified atom stereocenters. The van der Waals surface area contributed by atoms with Crippen LogP contribution in [0.2, 0.25) is 0 Å². The van der Waals surface area contributed by atoms with E-state index in [0.29, 0.717) is 12.5 Å². The molecule has 2 aromatic carbocycles. The fourth-order valence-electron chi connectivity index (χ4n) is 6.39. The molecule has 3 atom stereocenters. The molecule has 0 amide bonds. The van der Waals surface area contributed by atoms with Crippen molar-refractivity contribution in [3.05, 3.63) is 87.9 Å². The van der Waals surface area contributed by atoms with Gasteiger partial charge in [-0.25, -0.2) is 11.6 Å². The number of rotatable bonds is 7. The normalized spacial score (nSPS) is 26.9. The van der Waals surface area contributed by atoms with E-state index < -0.39 is 5.97 Å². The third kappa shape index (κ3) is 4.23. The molecule has 0 spiro atoms. The van der Waals surface area contributed by atoms with Gasteiger partial charge in [0.25, 0.3) is 0 Å². The van der Waals surface area contributed by atoms with Gasteiger partial charge in [-0.1, -0.05) is 18.2 Å². The SMILES string of the molecule is [C-]#[N+]C1(C)CC(Oc2cc(C)c(-c3cccc(COc4cc5c(cn4)C4[C@@H](C5)[C@@H]4C(=O)O)c3)c(C)c2)C1. The van der Waals surface area contributed by atoms with Crippen molar-refractivity contribution in [1.82, 2.24) is 4.98 Å². The number of aryl methyl sites for hydroxylation is 2. The number of carboxylic acids is 1. The summed E-state index contributed by atoms with van der Waals surface area (Å²) in [4.78, 5) is 19.5. The molecule has 188 valence electrons. The molecule has 1 heterocycles. The fraction of sp³-hybridized carbons (Fsp3) is 0.387. The zero-order valence-electron chi connectivity index (χ0n) is 21.3. The van der Waals surface area contributed by atoms with Crippen molar-refractivity contribution in [2.45, 2.75) is 64.2 Å². The average molecular weight is 495 g/mol. The van der Waals surface area contributed by atoms with Gasteiger partial charge in [0.2, 0.25) is 11.4 Å². The van der Waals surface area contributed by atoms with Crippen LogP contribution in [0.4, 0.5) is 0 Å². The number of ether oxygens (including phenoxy) is 2. The minimum atomic E-state index is -0.698. The van der Waals surface area contributed by atoms with E-state index in [1.807, 2.05) is 19.1 Å². The third-order valence-corrected chi connectivity index (χ3v) is 8.28. The summed E-state index contributed by atoms with van der Waals surface area (Å²) in [6, 6.07) is 14.5. The highest BCUT2D eigenvalue weighted by Crippen LogP contribution is 2.61. The Balaban J connectivity index is 1.13. The number of aliphatic carboxylic acids is 1. The molecule has 37 heavy (non-hydrogen) atoms. The van der Waals surface area contributed by atoms with E-state index in [-0.39, 0.29) is 29.4 Å². The Hall–Kier alpha value is -3.85. The molecule has 0 saturated heterocycles. The molecule has 3 aliphatic carbocycles. The molecular formula is C31H30N2O4. The second-order valence-corrected chi connectivity index (χ2v) is 11.2. The lowest BCUT2D eigenvalue weighted by atomic mass is 9.76. The molecule has 0 bridgehead atoms. The van der Waals surface area contributed by atoms with Crippen LogP contribution in [0, 0.1) is 32.3 Å². The highest BCUT2D eigenvalue weighted by Gasteiger charge is 2.60. The molecule has 3 aromatic rings. The van der Waals surface area contributed by atoms with E-state index in [1.54, 1.807) is 6.20 Å². The second kappa shape index (κ2) is 8.62. The Kier molecular flexibility index (Phi) is 5.49. The van der Waals surface area contributed by atoms with Gasteiger partial charge < -0.3 is 19.4 Å². The Morgan fingerprint density at radius 3 is 2.65 bits per heavy atom. The summed E-state index contributed by atoms with van der Waals surface area (Å²) in [7, 11) is 0. The van der Waals surface area contributed by atoms with E-state index in [2.05, 4.69) is 54.0 Å². The molecule has 3 aliphatic rings. The van der Waals surface area contributed by atoms with Gasteiger partial charge in [-0.15, -0.1) is 0 Å². The predicted octanol–water partition coefficient (Wildman–Crippen LogP) is 6.13. The van der Waals surface area contributed by atoms with Gasteiger partial charge in [-0.2, -0.15) is 0 Å². The quantitative estimate of drug-likeness (QED) is 0.400. The van der Waals surface area contributed by atoms with Crippen LogP contribution in [0.25, 0.3) is 16.0 Å². The number of hydrogen-bond acceptors (Lipinski definition) is 4. The maximum absolute atomic E-state index is 11.3. The monoisotopic (exact) mass is 494 g/mol. The van der Waals surface area contributed by atoms with Crippen molar-refractivity contribution in [2.24, 2.45) is 11.8 Å². The third-order valence-electron chi connectivity index (χ3n) is 8.28. The first kappa shape index (κ1) is 23.5. The Morgan fingerprint density at radius 2 is 1.95 bits per heavy atom. The highest BCUT2D eigenvalue weighted by atomic mass is 16.5. The molecule has 6 rings (SSSR count). The number of hydrogen-bond donors (Lipinski definition) is 1. The smallest absolute Gasteiger partial charge is 0.307 e. The Bertz CT molecular complexity index is 1430. The minimum absolute atomic E-state index is 0.112. The van der Waals surface area contributed by atoms with Crippen LogP contribution in [0.3, 0.4) is 0 Å². The maximum atomic E-state index is 11.3. The number of pyridine rings is 1. The summed E-state index contributed by atoms with van der Waals surface area (Å²) in [5.74, 6) is 0.853. The lowest BCUT2D eigenvalue weighted by molar-refractivity contribution is -0.139. The number of carbonyl (C=O) groups is 1. The average Bonchev–Trinajstić information content (AvgIpc) is 3.44. The molecule has 2 saturated carbocycles. The summed E-state index contributed by atoms with van der Waals surface area (Å²) in [5.41, 5.74) is 7.66. The van der Waals surface area contributed by atoms with Crippen molar-refractivity contribution >= 4 is 5.97 Å². The Labute approximate surface area is 217 Å². The van der Waals surface area contributed by atoms with Crippen molar-refractivity contribution in [1.29, 1.82) is 0 Å². The second-order valence-electron chi connectivity index (χ2n) is 11.2. The Morgan fingerprint density at radius 1 is 1.19 bits per heavy atom. The molecule has 2 fully saturated rings. The van der Waals surface area contributed by atoms with Crippen LogP contribution in [0.15, 0.2) is 48.7 Å². The van der Waals surface area contributed by atoms with Gasteiger partial charge >= 0.3 is 5.97 Å². The fourth-order valence-corrected chi connectivity index (χ4v) is 6.39. The van der Waals surface area contributed by atoms with Crippen molar-refractivity contribution in [2.75, 3.05) is 0 Å². The van der Waals surface area contributed by atoms with E-state index in [0.717, 1.165) is 52.8 Å². The first-order chi connectivity index (χ1) is 17.7. The van der Waals surface area contributed by atoms with Gasteiger partial charge in [-0.3, -0.25) is 4.79 Å². The van der Waals surface area contributed by atoms with Gasteiger partial charge in [0.05, 0.1) is 18.8 Å². The van der Waals surface area contributed by atoms with Gasteiger partial charge in [0.15, 0.2) is 0 Å². The standard InChI is InChI=1S/C31H30N2O4/c1-17-8-22(37-23-13-31(3,14-23)32-4)9-18(2)27(17)20-7-5-6-19(10-20)16-36-26-12-21-11-24-28(25(21)15-33-26)29(24)30(34)35/h5-10,12,15,23-24,28-29H,11,13-14,16H2,1-3H3,(H,34,35)/t23?,24-,28?,29+,31?/m1/s1. The molecule has 6 nitrogen and oxygen atoms in total. The van der Waals surface area contributed by atoms with Crippen molar-refractivity contribution < 1.29 is 19.4 Å². The zero-order valence-corrected chi connectivity index (χ0v) is 21.3. The molecule has 0 radical (unpaired) electrons. The van der Waals surface area contributed by atoms with E-state index in [1.165, 1.54) is 11.1 Å². The van der Waals surface area contributed by atoms with Crippen LogP contribution in [-0.2, 0) is 17.8 Å². The first-order valence-electron chi connectivity index (χ1n) is 12.8. The summed E-state index contributed by atoms with van der Waals surface area (Å²) in [6.45, 7) is 13.9. The zero-order chi connectivity index (χ0) is 25.9. The maximum Gasteiger partial charge on any atom is 0.307 e. The van der Waals surface area contributed by atoms with Crippen LogP contribution in [0.1, 0.15) is 53.5 Å². The van der Waals surface area contributed by atoms with Crippen LogP contribution in [-0.4, -0.2) is 27.7 Å². The number of benzene rings is 2. The number of carboxylic acid groups (broad SMARTS) is 1. The van der Waals surface area contributed by atoms with Crippen LogP contribution >= 0.6 is 0 Å². The summed E-state index contributed by atoms with van der Waals surface area (Å²) < 4.78 is 12.2. The minimum Gasteiger partial charge on any atom is -0.490 e. The largest absolute Gasteiger partial charge is 0.490 e. The van der Waals surface area contributed by atoms with E-state index >= 15 is 0 Å². The molecule has 6 heteroatoms. The summed E-state index contributed by atoms with van der Waals surface area (Å²) >= 11 is 0. The summed E-state index contributed by atoms with van der Waals surface area (Å²) in [6.07, 6.45) is 4.27. The first-order valence-corrected chi connectivity index (χ1v) is 12.8. The van der Waals surface area contributed by atoms with Crippen molar-refractivity contribution in [3.63, 3.8) is 0 Å². The highest BCUT2D eigenvalue weighted by molar-refractivity contribution is 5.77. The van der Waals surface area contributed by atoms with Crippen LogP contribution in [0.5, 0.6) is 11.6 Å². The van der Waals surface area contributed by atoms with Crippen LogP contribution < -0.4 is 9.47 Å². The van der Waals surface area contributed by atoms with Crippen molar-refractivity contribution in [3.8, 4) is 22.8 Å². The lowest BCUT2D eigenvalue weighted by Crippen LogP contribution is -2.45. The number of fused-ring (bicyclic) bond motifs is 3. The molecular weight excluding hydrogens is 464 g/mol. The summed E-state index contributed by atoms with van der Waals surface area (Å²) in [5, 5.41) is 9.31. The molecule has 1 aromatic heterocycles. The van der Waals surface area contributed by atoms with Gasteiger partial charge in [-0.05, 0) is 83.3 Å². The lowest BCUT2D eigenvalue weighted by Gasteiger charge is -2.35. The number of nitrogens with zero attached hydrogens (tertiary/aromatic N) is 2. The van der Waals surface area contributed by atoms with Gasteiger partial charge in [0, 0.05) is 25.1 Å². The number of aromatic nitrogens is 1. The van der Waals surface area contributed by atoms with E-state index in [4.69, 9.17) is 16.0 Å². The molecule has 1 N–H and O–H groups in total. The van der Waals surface area contributed by atoms with Gasteiger partial charge in [0.1, 0.15) is 18.5 Å². The van der Waals surface area contributed by atoms with E-state index in [9.17, 15) is 9.90 Å².